The van der Waals surface area contributed by atoms with Gasteiger partial charge in [0.1, 0.15) is 0 Å². The standard InChI is InChI=1S/C11H19ClN4O2/c1-4-18-11-15-9(12)14-10(16-11)13-6-8(17)5-7(2)3/h7-8,17H,4-6H2,1-3H3,(H,13,14,15,16). The first-order valence-corrected chi connectivity index (χ1v) is 6.35. The number of aliphatic hydroxyl groups excluding tert-OH is 1. The maximum absolute atomic E-state index is 9.72. The van der Waals surface area contributed by atoms with Crippen LogP contribution >= 0.6 is 11.6 Å². The average Bonchev–Trinajstić information content (AvgIpc) is 2.25. The summed E-state index contributed by atoms with van der Waals surface area (Å²) in [6.45, 7) is 6.75. The molecule has 0 aliphatic rings. The minimum atomic E-state index is -0.448. The van der Waals surface area contributed by atoms with Crippen molar-refractivity contribution in [1.29, 1.82) is 0 Å². The Balaban J connectivity index is 2.56. The van der Waals surface area contributed by atoms with Gasteiger partial charge in [-0.2, -0.15) is 15.0 Å². The molecule has 1 aromatic heterocycles. The van der Waals surface area contributed by atoms with Crippen LogP contribution in [0.2, 0.25) is 5.28 Å². The van der Waals surface area contributed by atoms with Gasteiger partial charge in [0.25, 0.3) is 0 Å². The molecule has 0 aliphatic heterocycles. The fourth-order valence-corrected chi connectivity index (χ4v) is 1.59. The molecule has 102 valence electrons. The molecule has 7 heteroatoms. The van der Waals surface area contributed by atoms with Crippen molar-refractivity contribution in [1.82, 2.24) is 15.0 Å². The fraction of sp³-hybridized carbons (Fsp3) is 0.727. The third-order valence-electron chi connectivity index (χ3n) is 2.10. The molecule has 2 N–H and O–H groups in total. The summed E-state index contributed by atoms with van der Waals surface area (Å²) in [5.74, 6) is 0.740. The molecule has 1 aromatic rings. The average molecular weight is 275 g/mol. The number of ether oxygens (including phenoxy) is 1. The summed E-state index contributed by atoms with van der Waals surface area (Å²) in [7, 11) is 0. The molecule has 6 nitrogen and oxygen atoms in total. The molecule has 18 heavy (non-hydrogen) atoms. The van der Waals surface area contributed by atoms with Gasteiger partial charge in [0.05, 0.1) is 12.7 Å². The molecule has 0 radical (unpaired) electrons. The summed E-state index contributed by atoms with van der Waals surface area (Å²) >= 11 is 5.74. The Labute approximate surface area is 112 Å². The Kier molecular flexibility index (Phi) is 6.07. The SMILES string of the molecule is CCOc1nc(Cl)nc(NCC(O)CC(C)C)n1. The molecular formula is C11H19ClN4O2. The highest BCUT2D eigenvalue weighted by molar-refractivity contribution is 6.28. The summed E-state index contributed by atoms with van der Waals surface area (Å²) in [4.78, 5) is 11.7. The Hall–Kier alpha value is -1.14. The van der Waals surface area contributed by atoms with Crippen molar-refractivity contribution >= 4 is 17.5 Å². The van der Waals surface area contributed by atoms with E-state index in [1.54, 1.807) is 0 Å². The van der Waals surface area contributed by atoms with Gasteiger partial charge in [0, 0.05) is 6.54 Å². The monoisotopic (exact) mass is 274 g/mol. The van der Waals surface area contributed by atoms with Crippen LogP contribution in [0, 0.1) is 5.92 Å². The summed E-state index contributed by atoms with van der Waals surface area (Å²) in [5.41, 5.74) is 0. The van der Waals surface area contributed by atoms with Gasteiger partial charge >= 0.3 is 6.01 Å². The van der Waals surface area contributed by atoms with Gasteiger partial charge in [-0.25, -0.2) is 0 Å². The third-order valence-corrected chi connectivity index (χ3v) is 2.27. The molecule has 0 amide bonds. The van der Waals surface area contributed by atoms with E-state index in [4.69, 9.17) is 16.3 Å². The second-order valence-electron chi connectivity index (χ2n) is 4.31. The lowest BCUT2D eigenvalue weighted by Crippen LogP contribution is -2.22. The van der Waals surface area contributed by atoms with Crippen LogP contribution in [-0.2, 0) is 0 Å². The zero-order valence-corrected chi connectivity index (χ0v) is 11.6. The molecule has 0 bridgehead atoms. The molecule has 0 aliphatic carbocycles. The van der Waals surface area contributed by atoms with Crippen molar-refractivity contribution < 1.29 is 9.84 Å². The van der Waals surface area contributed by atoms with Crippen LogP contribution in [0.4, 0.5) is 5.95 Å². The van der Waals surface area contributed by atoms with Gasteiger partial charge < -0.3 is 15.2 Å². The molecule has 0 saturated heterocycles. The number of halogens is 1. The predicted octanol–water partition coefficient (Wildman–Crippen LogP) is 1.74. The van der Waals surface area contributed by atoms with Crippen LogP contribution in [0.3, 0.4) is 0 Å². The first kappa shape index (κ1) is 14.9. The van der Waals surface area contributed by atoms with Gasteiger partial charge in [-0.3, -0.25) is 0 Å². The third kappa shape index (κ3) is 5.46. The van der Waals surface area contributed by atoms with Crippen molar-refractivity contribution in [3.05, 3.63) is 5.28 Å². The molecule has 1 rings (SSSR count). The van der Waals surface area contributed by atoms with Crippen LogP contribution in [0.5, 0.6) is 6.01 Å². The number of anilines is 1. The number of hydrogen-bond donors (Lipinski definition) is 2. The summed E-state index contributed by atoms with van der Waals surface area (Å²) in [6.07, 6.45) is 0.264. The minimum absolute atomic E-state index is 0.0642. The number of nitrogens with one attached hydrogen (secondary N) is 1. The van der Waals surface area contributed by atoms with E-state index in [1.807, 2.05) is 6.92 Å². The number of hydrogen-bond acceptors (Lipinski definition) is 6. The van der Waals surface area contributed by atoms with E-state index in [1.165, 1.54) is 0 Å². The topological polar surface area (TPSA) is 80.2 Å². The molecule has 1 heterocycles. The highest BCUT2D eigenvalue weighted by Crippen LogP contribution is 2.12. The van der Waals surface area contributed by atoms with Gasteiger partial charge in [0.15, 0.2) is 0 Å². The molecule has 0 spiro atoms. The van der Waals surface area contributed by atoms with E-state index in [2.05, 4.69) is 34.1 Å². The highest BCUT2D eigenvalue weighted by Gasteiger charge is 2.09. The maximum atomic E-state index is 9.72. The summed E-state index contributed by atoms with van der Waals surface area (Å²) < 4.78 is 5.15. The Bertz CT molecular complexity index is 376. The zero-order chi connectivity index (χ0) is 13.5. The van der Waals surface area contributed by atoms with Crippen LogP contribution in [0.1, 0.15) is 27.2 Å². The van der Waals surface area contributed by atoms with Gasteiger partial charge in [-0.05, 0) is 30.9 Å². The minimum Gasteiger partial charge on any atom is -0.464 e. The number of nitrogens with zero attached hydrogens (tertiary/aromatic N) is 3. The van der Waals surface area contributed by atoms with E-state index in [-0.39, 0.29) is 11.3 Å². The predicted molar refractivity (Wildman–Crippen MR) is 70.0 cm³/mol. The van der Waals surface area contributed by atoms with Crippen molar-refractivity contribution in [3.8, 4) is 6.01 Å². The van der Waals surface area contributed by atoms with Crippen LogP contribution in [-0.4, -0.2) is 39.3 Å². The van der Waals surface area contributed by atoms with Crippen molar-refractivity contribution in [2.24, 2.45) is 5.92 Å². The van der Waals surface area contributed by atoms with E-state index in [0.29, 0.717) is 31.4 Å². The largest absolute Gasteiger partial charge is 0.464 e. The van der Waals surface area contributed by atoms with E-state index in [9.17, 15) is 5.11 Å². The smallest absolute Gasteiger partial charge is 0.322 e. The maximum Gasteiger partial charge on any atom is 0.322 e. The molecular weight excluding hydrogens is 256 g/mol. The Morgan fingerprint density at radius 2 is 2.06 bits per heavy atom. The molecule has 0 aromatic carbocycles. The van der Waals surface area contributed by atoms with Crippen molar-refractivity contribution in [3.63, 3.8) is 0 Å². The van der Waals surface area contributed by atoms with Gasteiger partial charge in [-0.1, -0.05) is 13.8 Å². The Morgan fingerprint density at radius 1 is 1.33 bits per heavy atom. The van der Waals surface area contributed by atoms with Crippen molar-refractivity contribution in [2.45, 2.75) is 33.3 Å². The molecule has 1 unspecified atom stereocenters. The molecule has 0 fully saturated rings. The second-order valence-corrected chi connectivity index (χ2v) is 4.65. The van der Waals surface area contributed by atoms with Crippen LogP contribution in [0.15, 0.2) is 0 Å². The lowest BCUT2D eigenvalue weighted by Gasteiger charge is -2.13. The van der Waals surface area contributed by atoms with Crippen LogP contribution in [0.25, 0.3) is 0 Å². The van der Waals surface area contributed by atoms with E-state index < -0.39 is 6.10 Å². The molecule has 1 atom stereocenters. The summed E-state index contributed by atoms with van der Waals surface area (Å²) in [5, 5.41) is 12.7. The quantitative estimate of drug-likeness (QED) is 0.788. The van der Waals surface area contributed by atoms with E-state index >= 15 is 0 Å². The number of aromatic nitrogens is 3. The molecule has 0 saturated carbocycles. The number of aliphatic hydroxyl groups is 1. The second kappa shape index (κ2) is 7.33. The zero-order valence-electron chi connectivity index (χ0n) is 10.9. The van der Waals surface area contributed by atoms with Crippen molar-refractivity contribution in [2.75, 3.05) is 18.5 Å². The normalized spacial score (nSPS) is 12.6. The Morgan fingerprint density at radius 3 is 2.67 bits per heavy atom. The first-order chi connectivity index (χ1) is 8.51. The van der Waals surface area contributed by atoms with Gasteiger partial charge in [-0.15, -0.1) is 0 Å². The summed E-state index contributed by atoms with van der Waals surface area (Å²) in [6, 6.07) is 0.179. The highest BCUT2D eigenvalue weighted by atomic mass is 35.5. The number of rotatable bonds is 7. The van der Waals surface area contributed by atoms with Gasteiger partial charge in [0.2, 0.25) is 11.2 Å². The lowest BCUT2D eigenvalue weighted by molar-refractivity contribution is 0.161. The van der Waals surface area contributed by atoms with Crippen LogP contribution < -0.4 is 10.1 Å². The fourth-order valence-electron chi connectivity index (χ4n) is 1.44. The lowest BCUT2D eigenvalue weighted by atomic mass is 10.1. The van der Waals surface area contributed by atoms with E-state index in [0.717, 1.165) is 0 Å². The first-order valence-electron chi connectivity index (χ1n) is 5.97.